The molecule has 0 bridgehead atoms. The van der Waals surface area contributed by atoms with Crippen molar-refractivity contribution in [3.8, 4) is 0 Å². The van der Waals surface area contributed by atoms with Crippen molar-refractivity contribution < 1.29 is 24.2 Å². The number of aliphatic hydroxyl groups excluding tert-OH is 1. The Morgan fingerprint density at radius 2 is 1.74 bits per heavy atom. The van der Waals surface area contributed by atoms with Gasteiger partial charge in [0.25, 0.3) is 0 Å². The molecule has 0 fully saturated rings. The fraction of sp³-hybridized carbons (Fsp3) is 0.333. The molecule has 0 aromatic heterocycles. The van der Waals surface area contributed by atoms with Crippen molar-refractivity contribution in [2.45, 2.75) is 26.4 Å². The molecule has 0 heterocycles. The van der Waals surface area contributed by atoms with Gasteiger partial charge in [-0.05, 0) is 19.4 Å². The van der Waals surface area contributed by atoms with E-state index in [1.165, 1.54) is 7.11 Å². The Morgan fingerprint density at radius 3 is 2.17 bits per heavy atom. The van der Waals surface area contributed by atoms with E-state index in [9.17, 15) is 9.59 Å². The first-order valence-corrected chi connectivity index (χ1v) is 7.08. The highest BCUT2D eigenvalue weighted by atomic mass is 16.5. The average molecular weight is 320 g/mol. The number of carbonyl (C=O) groups is 2. The summed E-state index contributed by atoms with van der Waals surface area (Å²) in [6.07, 6.45) is -0.0589. The number of ether oxygens (including phenoxy) is 2. The second kappa shape index (κ2) is 11.2. The summed E-state index contributed by atoms with van der Waals surface area (Å²) in [7, 11) is 1.36. The molecule has 0 aliphatic rings. The first-order chi connectivity index (χ1) is 10.8. The lowest BCUT2D eigenvalue weighted by Gasteiger charge is -2.04. The molecular weight excluding hydrogens is 296 g/mol. The maximum atomic E-state index is 11.0. The van der Waals surface area contributed by atoms with Crippen molar-refractivity contribution in [2.24, 2.45) is 0 Å². The third-order valence-electron chi connectivity index (χ3n) is 2.54. The van der Waals surface area contributed by atoms with Crippen LogP contribution in [0.2, 0.25) is 0 Å². The largest absolute Gasteiger partial charge is 0.466 e. The topological polar surface area (TPSA) is 72.8 Å². The first kappa shape index (κ1) is 20.6. The Kier molecular flexibility index (Phi) is 10.0. The van der Waals surface area contributed by atoms with Crippen LogP contribution in [0.5, 0.6) is 0 Å². The van der Waals surface area contributed by atoms with Crippen molar-refractivity contribution >= 4 is 11.9 Å². The summed E-state index contributed by atoms with van der Waals surface area (Å²) in [5.41, 5.74) is 1.90. The van der Waals surface area contributed by atoms with Gasteiger partial charge >= 0.3 is 11.9 Å². The number of carbonyl (C=O) groups excluding carboxylic acids is 2. The second-order valence-electron chi connectivity index (χ2n) is 4.99. The molecule has 0 saturated carbocycles. The number of rotatable bonds is 6. The van der Waals surface area contributed by atoms with E-state index in [0.717, 1.165) is 5.56 Å². The molecule has 1 unspecified atom stereocenters. The molecule has 0 radical (unpaired) electrons. The molecule has 1 aromatic carbocycles. The van der Waals surface area contributed by atoms with Crippen LogP contribution in [0.4, 0.5) is 0 Å². The van der Waals surface area contributed by atoms with Crippen LogP contribution in [0, 0.1) is 0 Å². The maximum Gasteiger partial charge on any atom is 0.333 e. The second-order valence-corrected chi connectivity index (χ2v) is 4.99. The highest BCUT2D eigenvalue weighted by Gasteiger charge is 2.06. The number of esters is 2. The van der Waals surface area contributed by atoms with Gasteiger partial charge in [0.15, 0.2) is 0 Å². The summed E-state index contributed by atoms with van der Waals surface area (Å²) in [6, 6.07) is 9.70. The maximum absolute atomic E-state index is 11.0. The van der Waals surface area contributed by atoms with E-state index in [1.54, 1.807) is 13.8 Å². The molecule has 1 rings (SSSR count). The van der Waals surface area contributed by atoms with Crippen LogP contribution in [-0.2, 0) is 25.5 Å². The molecule has 0 spiro atoms. The van der Waals surface area contributed by atoms with Crippen molar-refractivity contribution in [1.29, 1.82) is 0 Å². The predicted molar refractivity (Wildman–Crippen MR) is 88.8 cm³/mol. The monoisotopic (exact) mass is 320 g/mol. The lowest BCUT2D eigenvalue weighted by atomic mass is 10.1. The zero-order valence-corrected chi connectivity index (χ0v) is 13.9. The molecule has 0 aliphatic heterocycles. The summed E-state index contributed by atoms with van der Waals surface area (Å²) in [6.45, 7) is 10.2. The quantitative estimate of drug-likeness (QED) is 0.644. The summed E-state index contributed by atoms with van der Waals surface area (Å²) < 4.78 is 9.12. The van der Waals surface area contributed by atoms with Crippen molar-refractivity contribution in [3.05, 3.63) is 60.2 Å². The van der Waals surface area contributed by atoms with Crippen molar-refractivity contribution in [3.63, 3.8) is 0 Å². The Balaban J connectivity index is 0.000000438. The van der Waals surface area contributed by atoms with Gasteiger partial charge in [0.1, 0.15) is 6.61 Å². The molecule has 1 aromatic rings. The number of hydrogen-bond donors (Lipinski definition) is 1. The highest BCUT2D eigenvalue weighted by molar-refractivity contribution is 5.88. The summed E-state index contributed by atoms with van der Waals surface area (Å²) >= 11 is 0. The van der Waals surface area contributed by atoms with Crippen LogP contribution in [0.15, 0.2) is 54.6 Å². The summed E-state index contributed by atoms with van der Waals surface area (Å²) in [4.78, 5) is 21.6. The summed E-state index contributed by atoms with van der Waals surface area (Å²) in [5, 5.41) is 8.68. The van der Waals surface area contributed by atoms with Gasteiger partial charge in [-0.1, -0.05) is 43.5 Å². The van der Waals surface area contributed by atoms with Crippen LogP contribution < -0.4 is 0 Å². The van der Waals surface area contributed by atoms with Gasteiger partial charge in [0.05, 0.1) is 13.2 Å². The van der Waals surface area contributed by atoms with Crippen molar-refractivity contribution in [1.82, 2.24) is 0 Å². The van der Waals surface area contributed by atoms with Crippen LogP contribution in [0.25, 0.3) is 0 Å². The first-order valence-electron chi connectivity index (χ1n) is 7.08. The third-order valence-corrected chi connectivity index (χ3v) is 2.54. The van der Waals surface area contributed by atoms with E-state index in [2.05, 4.69) is 22.6 Å². The van der Waals surface area contributed by atoms with Gasteiger partial charge in [-0.25, -0.2) is 9.59 Å². The van der Waals surface area contributed by atoms with Gasteiger partial charge in [0.2, 0.25) is 0 Å². The number of hydrogen-bond acceptors (Lipinski definition) is 5. The van der Waals surface area contributed by atoms with E-state index >= 15 is 0 Å². The Bertz CT molecular complexity index is 532. The lowest BCUT2D eigenvalue weighted by molar-refractivity contribution is -0.141. The number of methoxy groups -OCH3 is 1. The smallest absolute Gasteiger partial charge is 0.333 e. The predicted octanol–water partition coefficient (Wildman–Crippen LogP) is 2.44. The Hall–Kier alpha value is -2.40. The van der Waals surface area contributed by atoms with E-state index < -0.39 is 12.1 Å². The molecule has 23 heavy (non-hydrogen) atoms. The number of benzene rings is 1. The van der Waals surface area contributed by atoms with Crippen LogP contribution in [0.1, 0.15) is 19.4 Å². The molecule has 5 nitrogen and oxygen atoms in total. The normalized spacial score (nSPS) is 10.6. The van der Waals surface area contributed by atoms with Gasteiger partial charge in [-0.3, -0.25) is 0 Å². The van der Waals surface area contributed by atoms with Crippen molar-refractivity contribution in [2.75, 3.05) is 13.7 Å². The van der Waals surface area contributed by atoms with Gasteiger partial charge in [0, 0.05) is 17.6 Å². The fourth-order valence-corrected chi connectivity index (χ4v) is 1.38. The average Bonchev–Trinajstić information content (AvgIpc) is 2.53. The Morgan fingerprint density at radius 1 is 1.17 bits per heavy atom. The highest BCUT2D eigenvalue weighted by Crippen LogP contribution is 2.06. The molecular formula is C18H24O5. The van der Waals surface area contributed by atoms with E-state index in [4.69, 9.17) is 5.11 Å². The SMILES string of the molecule is C=C(C)C(=O)OCC(C)O.C=C(Cc1ccccc1)C(=O)OC. The van der Waals surface area contributed by atoms with Gasteiger partial charge in [-0.15, -0.1) is 0 Å². The van der Waals surface area contributed by atoms with E-state index in [0.29, 0.717) is 17.6 Å². The number of aliphatic hydroxyl groups is 1. The van der Waals surface area contributed by atoms with E-state index in [-0.39, 0.29) is 12.6 Å². The zero-order valence-electron chi connectivity index (χ0n) is 13.9. The molecule has 1 N–H and O–H groups in total. The molecule has 126 valence electrons. The molecule has 0 saturated heterocycles. The minimum atomic E-state index is -0.608. The van der Waals surface area contributed by atoms with E-state index in [1.807, 2.05) is 30.3 Å². The van der Waals surface area contributed by atoms with Crippen LogP contribution >= 0.6 is 0 Å². The Labute approximate surface area is 137 Å². The standard InChI is InChI=1S/C11H12O2.C7H12O3/c1-9(11(12)13-2)8-10-6-4-3-5-7-10;1-5(2)7(9)10-4-6(3)8/h3-7H,1,8H2,2H3;6,8H,1,4H2,2-3H3. The zero-order chi connectivity index (χ0) is 17.8. The van der Waals surface area contributed by atoms with Crippen LogP contribution in [-0.4, -0.2) is 36.9 Å². The van der Waals surface area contributed by atoms with Gasteiger partial charge in [-0.2, -0.15) is 0 Å². The minimum Gasteiger partial charge on any atom is -0.466 e. The summed E-state index contributed by atoms with van der Waals surface area (Å²) in [5.74, 6) is -0.801. The van der Waals surface area contributed by atoms with Crippen LogP contribution in [0.3, 0.4) is 0 Å². The molecule has 0 amide bonds. The molecule has 5 heteroatoms. The third kappa shape index (κ3) is 10.0. The van der Waals surface area contributed by atoms with Gasteiger partial charge < -0.3 is 14.6 Å². The molecule has 1 atom stereocenters. The fourth-order valence-electron chi connectivity index (χ4n) is 1.38. The minimum absolute atomic E-state index is 0.0334. The lowest BCUT2D eigenvalue weighted by Crippen LogP contribution is -2.15. The molecule has 0 aliphatic carbocycles.